The second kappa shape index (κ2) is 5.71. The fraction of sp³-hybridized carbons (Fsp3) is 0.500. The summed E-state index contributed by atoms with van der Waals surface area (Å²) in [7, 11) is 0. The molecule has 1 heterocycles. The van der Waals surface area contributed by atoms with Gasteiger partial charge in [0.2, 0.25) is 5.91 Å². The van der Waals surface area contributed by atoms with E-state index in [2.05, 4.69) is 12.2 Å². The van der Waals surface area contributed by atoms with Crippen molar-refractivity contribution in [3.8, 4) is 0 Å². The molecule has 92 valence electrons. The van der Waals surface area contributed by atoms with Crippen LogP contribution in [0.25, 0.3) is 6.08 Å². The van der Waals surface area contributed by atoms with Crippen molar-refractivity contribution >= 4 is 12.0 Å². The lowest BCUT2D eigenvalue weighted by Crippen LogP contribution is -2.40. The van der Waals surface area contributed by atoms with Crippen LogP contribution in [0.3, 0.4) is 0 Å². The molecule has 0 bridgehead atoms. The summed E-state index contributed by atoms with van der Waals surface area (Å²) in [6, 6.07) is 3.96. The summed E-state index contributed by atoms with van der Waals surface area (Å²) in [4.78, 5) is 11.7. The average Bonchev–Trinajstić information content (AvgIpc) is 2.82. The Kier molecular flexibility index (Phi) is 4.02. The molecule has 3 nitrogen and oxygen atoms in total. The number of carbonyl (C=O) groups is 1. The molecule has 3 heteroatoms. The first-order valence-corrected chi connectivity index (χ1v) is 6.28. The second-order valence-electron chi connectivity index (χ2n) is 4.73. The second-order valence-corrected chi connectivity index (χ2v) is 4.73. The first-order valence-electron chi connectivity index (χ1n) is 6.28. The van der Waals surface area contributed by atoms with Gasteiger partial charge < -0.3 is 9.73 Å². The molecule has 2 atom stereocenters. The number of amides is 1. The van der Waals surface area contributed by atoms with Crippen molar-refractivity contribution in [1.82, 2.24) is 5.32 Å². The zero-order valence-corrected chi connectivity index (χ0v) is 10.2. The standard InChI is InChI=1S/C14H19NO2/c1-11-5-2-3-7-13(11)15-14(16)9-8-12-6-4-10-17-12/h4,6,8-11,13H,2-3,5,7H2,1H3,(H,15,16)/b9-8+. The van der Waals surface area contributed by atoms with Crippen LogP contribution in [-0.4, -0.2) is 11.9 Å². The van der Waals surface area contributed by atoms with Crippen LogP contribution in [-0.2, 0) is 4.79 Å². The van der Waals surface area contributed by atoms with Crippen molar-refractivity contribution < 1.29 is 9.21 Å². The topological polar surface area (TPSA) is 42.2 Å². The first-order chi connectivity index (χ1) is 8.25. The number of carbonyl (C=O) groups excluding carboxylic acids is 1. The van der Waals surface area contributed by atoms with Gasteiger partial charge in [-0.15, -0.1) is 0 Å². The molecule has 0 saturated heterocycles. The van der Waals surface area contributed by atoms with Crippen molar-refractivity contribution in [3.05, 3.63) is 30.2 Å². The third-order valence-electron chi connectivity index (χ3n) is 3.38. The predicted molar refractivity (Wildman–Crippen MR) is 67.3 cm³/mol. The third-order valence-corrected chi connectivity index (χ3v) is 3.38. The number of hydrogen-bond acceptors (Lipinski definition) is 2. The smallest absolute Gasteiger partial charge is 0.244 e. The van der Waals surface area contributed by atoms with Crippen molar-refractivity contribution in [1.29, 1.82) is 0 Å². The minimum atomic E-state index is -0.0276. The lowest BCUT2D eigenvalue weighted by Gasteiger charge is -2.29. The van der Waals surface area contributed by atoms with Gasteiger partial charge in [-0.25, -0.2) is 0 Å². The van der Waals surface area contributed by atoms with Crippen molar-refractivity contribution in [2.24, 2.45) is 5.92 Å². The van der Waals surface area contributed by atoms with Gasteiger partial charge in [0.15, 0.2) is 0 Å². The summed E-state index contributed by atoms with van der Waals surface area (Å²) in [5.41, 5.74) is 0. The maximum Gasteiger partial charge on any atom is 0.244 e. The number of furan rings is 1. The van der Waals surface area contributed by atoms with Gasteiger partial charge >= 0.3 is 0 Å². The van der Waals surface area contributed by atoms with Crippen LogP contribution in [0.2, 0.25) is 0 Å². The van der Waals surface area contributed by atoms with Gasteiger partial charge in [-0.05, 0) is 37.0 Å². The summed E-state index contributed by atoms with van der Waals surface area (Å²) in [6.45, 7) is 2.21. The SMILES string of the molecule is CC1CCCCC1NC(=O)/C=C/c1ccco1. The molecule has 1 saturated carbocycles. The normalized spacial score (nSPS) is 25.0. The summed E-state index contributed by atoms with van der Waals surface area (Å²) in [6.07, 6.45) is 9.66. The van der Waals surface area contributed by atoms with Crippen LogP contribution in [0, 0.1) is 5.92 Å². The first kappa shape index (κ1) is 12.0. The van der Waals surface area contributed by atoms with Crippen LogP contribution in [0.5, 0.6) is 0 Å². The van der Waals surface area contributed by atoms with Gasteiger partial charge in [-0.3, -0.25) is 4.79 Å². The van der Waals surface area contributed by atoms with E-state index < -0.39 is 0 Å². The van der Waals surface area contributed by atoms with Crippen molar-refractivity contribution in [2.75, 3.05) is 0 Å². The molecule has 1 aromatic rings. The molecule has 1 amide bonds. The summed E-state index contributed by atoms with van der Waals surface area (Å²) in [5.74, 6) is 1.27. The molecule has 1 aliphatic rings. The van der Waals surface area contributed by atoms with Crippen LogP contribution in [0.4, 0.5) is 0 Å². The summed E-state index contributed by atoms with van der Waals surface area (Å²) >= 11 is 0. The Labute approximate surface area is 102 Å². The lowest BCUT2D eigenvalue weighted by molar-refractivity contribution is -0.117. The maximum absolute atomic E-state index is 11.7. The Morgan fingerprint density at radius 1 is 1.47 bits per heavy atom. The van der Waals surface area contributed by atoms with Gasteiger partial charge in [0.05, 0.1) is 6.26 Å². The Bertz CT molecular complexity index is 381. The quantitative estimate of drug-likeness (QED) is 0.815. The Hall–Kier alpha value is -1.51. The molecule has 1 aliphatic carbocycles. The predicted octanol–water partition coefficient (Wildman–Crippen LogP) is 2.99. The fourth-order valence-corrected chi connectivity index (χ4v) is 2.31. The molecule has 0 radical (unpaired) electrons. The zero-order valence-electron chi connectivity index (χ0n) is 10.2. The van der Waals surface area contributed by atoms with Crippen LogP contribution in [0.1, 0.15) is 38.4 Å². The van der Waals surface area contributed by atoms with E-state index in [0.717, 1.165) is 6.42 Å². The molecular formula is C14H19NO2. The molecule has 1 aromatic heterocycles. The number of hydrogen-bond donors (Lipinski definition) is 1. The average molecular weight is 233 g/mol. The maximum atomic E-state index is 11.7. The van der Waals surface area contributed by atoms with E-state index in [1.165, 1.54) is 19.3 Å². The highest BCUT2D eigenvalue weighted by molar-refractivity contribution is 5.91. The van der Waals surface area contributed by atoms with Gasteiger partial charge in [-0.2, -0.15) is 0 Å². The molecule has 17 heavy (non-hydrogen) atoms. The van der Waals surface area contributed by atoms with Crippen molar-refractivity contribution in [2.45, 2.75) is 38.6 Å². The highest BCUT2D eigenvalue weighted by atomic mass is 16.3. The van der Waals surface area contributed by atoms with Gasteiger partial charge in [0, 0.05) is 12.1 Å². The molecule has 1 fully saturated rings. The van der Waals surface area contributed by atoms with E-state index in [1.807, 2.05) is 6.07 Å². The molecule has 2 rings (SSSR count). The van der Waals surface area contributed by atoms with E-state index in [9.17, 15) is 4.79 Å². The van der Waals surface area contributed by atoms with E-state index in [4.69, 9.17) is 4.42 Å². The van der Waals surface area contributed by atoms with E-state index in [-0.39, 0.29) is 5.91 Å². The van der Waals surface area contributed by atoms with Crippen LogP contribution in [0.15, 0.2) is 28.9 Å². The van der Waals surface area contributed by atoms with Crippen LogP contribution < -0.4 is 5.32 Å². The molecule has 0 spiro atoms. The molecule has 1 N–H and O–H groups in total. The number of nitrogens with one attached hydrogen (secondary N) is 1. The Balaban J connectivity index is 1.84. The minimum Gasteiger partial charge on any atom is -0.465 e. The largest absolute Gasteiger partial charge is 0.465 e. The van der Waals surface area contributed by atoms with Gasteiger partial charge in [0.25, 0.3) is 0 Å². The molecule has 0 aromatic carbocycles. The van der Waals surface area contributed by atoms with E-state index >= 15 is 0 Å². The Morgan fingerprint density at radius 3 is 3.00 bits per heavy atom. The highest BCUT2D eigenvalue weighted by Crippen LogP contribution is 2.23. The highest BCUT2D eigenvalue weighted by Gasteiger charge is 2.21. The molecule has 2 unspecified atom stereocenters. The van der Waals surface area contributed by atoms with Crippen LogP contribution >= 0.6 is 0 Å². The summed E-state index contributed by atoms with van der Waals surface area (Å²) < 4.78 is 5.13. The lowest BCUT2D eigenvalue weighted by atomic mass is 9.86. The zero-order chi connectivity index (χ0) is 12.1. The summed E-state index contributed by atoms with van der Waals surface area (Å²) in [5, 5.41) is 3.06. The molecular weight excluding hydrogens is 214 g/mol. The minimum absolute atomic E-state index is 0.0276. The van der Waals surface area contributed by atoms with Gasteiger partial charge in [0.1, 0.15) is 5.76 Å². The number of rotatable bonds is 3. The third kappa shape index (κ3) is 3.48. The Morgan fingerprint density at radius 2 is 2.29 bits per heavy atom. The molecule has 0 aliphatic heterocycles. The van der Waals surface area contributed by atoms with Gasteiger partial charge in [-0.1, -0.05) is 19.8 Å². The van der Waals surface area contributed by atoms with E-state index in [1.54, 1.807) is 24.5 Å². The van der Waals surface area contributed by atoms with E-state index in [0.29, 0.717) is 17.7 Å². The van der Waals surface area contributed by atoms with Crippen molar-refractivity contribution in [3.63, 3.8) is 0 Å². The fourth-order valence-electron chi connectivity index (χ4n) is 2.31. The monoisotopic (exact) mass is 233 g/mol.